The van der Waals surface area contributed by atoms with E-state index >= 15 is 0 Å². The van der Waals surface area contributed by atoms with Crippen molar-refractivity contribution in [3.8, 4) is 0 Å². The molecule has 1 unspecified atom stereocenters. The molecule has 1 atom stereocenters. The zero-order valence-corrected chi connectivity index (χ0v) is 29.8. The molecule has 0 aliphatic heterocycles. The van der Waals surface area contributed by atoms with Gasteiger partial charge in [0.05, 0.1) is 10.6 Å². The van der Waals surface area contributed by atoms with Crippen LogP contribution in [-0.4, -0.2) is 43.8 Å². The van der Waals surface area contributed by atoms with E-state index in [9.17, 15) is 18.0 Å². The summed E-state index contributed by atoms with van der Waals surface area (Å²) in [6.45, 7) is 1.35. The number of carbonyl (C=O) groups excluding carboxylic acids is 2. The van der Waals surface area contributed by atoms with Gasteiger partial charge in [0.2, 0.25) is 11.8 Å². The third kappa shape index (κ3) is 9.16. The Labute approximate surface area is 295 Å². The van der Waals surface area contributed by atoms with Crippen LogP contribution < -0.4 is 9.62 Å². The normalized spacial score (nSPS) is 14.0. The molecular weight excluding hydrogens is 721 g/mol. The highest BCUT2D eigenvalue weighted by Crippen LogP contribution is 2.31. The first-order valence-electron chi connectivity index (χ1n) is 15.4. The Morgan fingerprint density at radius 1 is 0.872 bits per heavy atom. The van der Waals surface area contributed by atoms with Crippen LogP contribution in [0.2, 0.25) is 10.0 Å². The molecule has 5 rings (SSSR count). The molecule has 4 aromatic carbocycles. The number of rotatable bonds is 12. The molecule has 0 spiro atoms. The highest BCUT2D eigenvalue weighted by molar-refractivity contribution is 9.10. The van der Waals surface area contributed by atoms with E-state index in [1.165, 1.54) is 35.2 Å². The van der Waals surface area contributed by atoms with Crippen LogP contribution in [0.3, 0.4) is 0 Å². The lowest BCUT2D eigenvalue weighted by Crippen LogP contribution is -2.54. The van der Waals surface area contributed by atoms with Gasteiger partial charge in [0.1, 0.15) is 12.6 Å². The van der Waals surface area contributed by atoms with Gasteiger partial charge >= 0.3 is 0 Å². The van der Waals surface area contributed by atoms with Crippen molar-refractivity contribution >= 4 is 66.7 Å². The van der Waals surface area contributed by atoms with Crippen molar-refractivity contribution < 1.29 is 18.0 Å². The van der Waals surface area contributed by atoms with Gasteiger partial charge in [-0.15, -0.1) is 0 Å². The minimum atomic E-state index is -4.27. The molecule has 1 aliphatic carbocycles. The van der Waals surface area contributed by atoms with Gasteiger partial charge in [-0.25, -0.2) is 8.42 Å². The minimum Gasteiger partial charge on any atom is -0.352 e. The van der Waals surface area contributed by atoms with Gasteiger partial charge in [-0.1, -0.05) is 112 Å². The fourth-order valence-electron chi connectivity index (χ4n) is 5.76. The van der Waals surface area contributed by atoms with Crippen molar-refractivity contribution in [3.63, 3.8) is 0 Å². The van der Waals surface area contributed by atoms with E-state index in [0.717, 1.165) is 51.2 Å². The second-order valence-electron chi connectivity index (χ2n) is 11.8. The van der Waals surface area contributed by atoms with E-state index in [0.29, 0.717) is 0 Å². The predicted octanol–water partition coefficient (Wildman–Crippen LogP) is 7.96. The summed E-state index contributed by atoms with van der Waals surface area (Å²) in [5.41, 5.74) is 2.68. The lowest BCUT2D eigenvalue weighted by molar-refractivity contribution is -0.140. The Hall–Kier alpha value is -3.37. The standard InChI is InChI=1S/C36H36BrCl2N3O4S/c1-25-11-17-33(18-12-25)47(45,46)42(32-21-29(38)20-30(39)22-32)24-35(43)41(23-27-13-15-28(37)16-14-27)34(19-26-7-3-2-4-8-26)36(44)40-31-9-5-6-10-31/h2-4,7-8,11-18,20-22,31,34H,5-6,9-10,19,23-24H2,1H3,(H,40,44). The molecule has 7 nitrogen and oxygen atoms in total. The zero-order valence-electron chi connectivity index (χ0n) is 25.9. The van der Waals surface area contributed by atoms with Gasteiger partial charge in [-0.2, -0.15) is 0 Å². The highest BCUT2D eigenvalue weighted by atomic mass is 79.9. The van der Waals surface area contributed by atoms with Crippen molar-refractivity contribution in [2.75, 3.05) is 10.8 Å². The van der Waals surface area contributed by atoms with Crippen LogP contribution in [0.1, 0.15) is 42.4 Å². The second kappa shape index (κ2) is 15.7. The number of amides is 2. The van der Waals surface area contributed by atoms with E-state index in [-0.39, 0.29) is 45.5 Å². The molecule has 0 bridgehead atoms. The first-order valence-corrected chi connectivity index (χ1v) is 18.4. The van der Waals surface area contributed by atoms with Gasteiger partial charge in [-0.05, 0) is 73.4 Å². The summed E-state index contributed by atoms with van der Waals surface area (Å²) in [5, 5.41) is 3.62. The average molecular weight is 758 g/mol. The van der Waals surface area contributed by atoms with Crippen LogP contribution in [0, 0.1) is 6.92 Å². The molecule has 0 heterocycles. The lowest BCUT2D eigenvalue weighted by Gasteiger charge is -2.34. The average Bonchev–Trinajstić information content (AvgIpc) is 3.55. The molecule has 11 heteroatoms. The molecule has 47 heavy (non-hydrogen) atoms. The Bertz CT molecular complexity index is 1780. The van der Waals surface area contributed by atoms with Gasteiger partial charge in [-0.3, -0.25) is 13.9 Å². The number of nitrogens with one attached hydrogen (secondary N) is 1. The molecule has 0 aromatic heterocycles. The number of anilines is 1. The smallest absolute Gasteiger partial charge is 0.264 e. The van der Waals surface area contributed by atoms with Gasteiger partial charge in [0.15, 0.2) is 0 Å². The number of carbonyl (C=O) groups is 2. The van der Waals surface area contributed by atoms with E-state index in [2.05, 4.69) is 21.2 Å². The molecular formula is C36H36BrCl2N3O4S. The zero-order chi connectivity index (χ0) is 33.6. The topological polar surface area (TPSA) is 86.8 Å². The van der Waals surface area contributed by atoms with Crippen LogP contribution >= 0.6 is 39.1 Å². The first-order chi connectivity index (χ1) is 22.5. The summed E-state index contributed by atoms with van der Waals surface area (Å²) >= 11 is 16.1. The molecule has 1 N–H and O–H groups in total. The molecule has 1 saturated carbocycles. The summed E-state index contributed by atoms with van der Waals surface area (Å²) in [6, 6.07) is 26.9. The third-order valence-electron chi connectivity index (χ3n) is 8.26. The van der Waals surface area contributed by atoms with Crippen LogP contribution in [0.15, 0.2) is 106 Å². The number of nitrogens with zero attached hydrogens (tertiary/aromatic N) is 2. The molecule has 1 fully saturated rings. The summed E-state index contributed by atoms with van der Waals surface area (Å²) in [7, 11) is -4.27. The fourth-order valence-corrected chi connectivity index (χ4v) is 7.93. The van der Waals surface area contributed by atoms with E-state index in [1.54, 1.807) is 12.1 Å². The summed E-state index contributed by atoms with van der Waals surface area (Å²) < 4.78 is 30.3. The minimum absolute atomic E-state index is 0.00581. The van der Waals surface area contributed by atoms with Gasteiger partial charge in [0.25, 0.3) is 10.0 Å². The maximum atomic E-state index is 14.6. The number of benzene rings is 4. The number of sulfonamides is 1. The molecule has 1 aliphatic rings. The fraction of sp³-hybridized carbons (Fsp3) is 0.278. The Balaban J connectivity index is 1.58. The van der Waals surface area contributed by atoms with Crippen molar-refractivity contribution in [2.45, 2.75) is 62.6 Å². The van der Waals surface area contributed by atoms with Crippen molar-refractivity contribution in [3.05, 3.63) is 128 Å². The van der Waals surface area contributed by atoms with Gasteiger partial charge in [0, 0.05) is 33.5 Å². The Kier molecular flexibility index (Phi) is 11.7. The maximum Gasteiger partial charge on any atom is 0.264 e. The summed E-state index contributed by atoms with van der Waals surface area (Å²) in [4.78, 5) is 30.2. The number of halogens is 3. The molecule has 0 radical (unpaired) electrons. The monoisotopic (exact) mass is 755 g/mol. The van der Waals surface area contributed by atoms with Gasteiger partial charge < -0.3 is 10.2 Å². The Morgan fingerprint density at radius 3 is 2.11 bits per heavy atom. The van der Waals surface area contributed by atoms with Crippen molar-refractivity contribution in [1.82, 2.24) is 10.2 Å². The predicted molar refractivity (Wildman–Crippen MR) is 191 cm³/mol. The number of hydrogen-bond donors (Lipinski definition) is 1. The Morgan fingerprint density at radius 2 is 1.49 bits per heavy atom. The quantitative estimate of drug-likeness (QED) is 0.159. The third-order valence-corrected chi connectivity index (χ3v) is 11.0. The lowest BCUT2D eigenvalue weighted by atomic mass is 10.0. The second-order valence-corrected chi connectivity index (χ2v) is 15.4. The van der Waals surface area contributed by atoms with Crippen molar-refractivity contribution in [1.29, 1.82) is 0 Å². The summed E-state index contributed by atoms with van der Waals surface area (Å²) in [5.74, 6) is -0.827. The molecule has 4 aromatic rings. The SMILES string of the molecule is Cc1ccc(S(=O)(=O)N(CC(=O)N(Cc2ccc(Br)cc2)C(Cc2ccccc2)C(=O)NC2CCCC2)c2cc(Cl)cc(Cl)c2)cc1. The maximum absolute atomic E-state index is 14.6. The van der Waals surface area contributed by atoms with Crippen LogP contribution in [0.5, 0.6) is 0 Å². The van der Waals surface area contributed by atoms with E-state index in [4.69, 9.17) is 23.2 Å². The van der Waals surface area contributed by atoms with Crippen molar-refractivity contribution in [2.24, 2.45) is 0 Å². The number of aryl methyl sites for hydroxylation is 1. The van der Waals surface area contributed by atoms with Crippen LogP contribution in [0.4, 0.5) is 5.69 Å². The molecule has 2 amide bonds. The largest absolute Gasteiger partial charge is 0.352 e. The van der Waals surface area contributed by atoms with Crippen LogP contribution in [-0.2, 0) is 32.6 Å². The first kappa shape index (κ1) is 35.0. The molecule has 0 saturated heterocycles. The van der Waals surface area contributed by atoms with E-state index < -0.39 is 28.5 Å². The summed E-state index contributed by atoms with van der Waals surface area (Å²) in [6.07, 6.45) is 4.06. The molecule has 246 valence electrons. The number of hydrogen-bond acceptors (Lipinski definition) is 4. The van der Waals surface area contributed by atoms with Crippen LogP contribution in [0.25, 0.3) is 0 Å². The highest BCUT2D eigenvalue weighted by Gasteiger charge is 2.35. The van der Waals surface area contributed by atoms with E-state index in [1.807, 2.05) is 61.5 Å².